The Labute approximate surface area is 172 Å². The number of para-hydroxylation sites is 1. The molecular weight excluding hydrogens is 390 g/mol. The number of amides is 1. The topological polar surface area (TPSA) is 119 Å². The lowest BCUT2D eigenvalue weighted by molar-refractivity contribution is -0.384. The van der Waals surface area contributed by atoms with E-state index >= 15 is 0 Å². The Bertz CT molecular complexity index is 998. The van der Waals surface area contributed by atoms with Crippen molar-refractivity contribution in [2.45, 2.75) is 19.8 Å². The lowest BCUT2D eigenvalue weighted by Gasteiger charge is -2.17. The molecule has 0 atom stereocenters. The second kappa shape index (κ2) is 9.17. The minimum atomic E-state index is -0.846. The number of anilines is 2. The maximum atomic E-state index is 12.3. The van der Waals surface area contributed by atoms with Crippen LogP contribution in [0.1, 0.15) is 40.5 Å². The molecule has 0 aliphatic carbocycles. The van der Waals surface area contributed by atoms with Crippen LogP contribution in [0.25, 0.3) is 0 Å². The third-order valence-corrected chi connectivity index (χ3v) is 4.77. The Hall–Kier alpha value is -3.75. The van der Waals surface area contributed by atoms with E-state index in [0.29, 0.717) is 16.9 Å². The number of carbonyl (C=O) groups excluding carboxylic acids is 3. The van der Waals surface area contributed by atoms with Crippen LogP contribution in [0.2, 0.25) is 0 Å². The number of nitrogens with one attached hydrogen (secondary N) is 1. The number of hydrogen-bond donors (Lipinski definition) is 1. The molecule has 0 saturated carbocycles. The average Bonchev–Trinajstić information content (AvgIpc) is 3.26. The predicted octanol–water partition coefficient (Wildman–Crippen LogP) is 3.19. The zero-order valence-corrected chi connectivity index (χ0v) is 16.4. The summed E-state index contributed by atoms with van der Waals surface area (Å²) in [5.74, 6) is -1.69. The number of rotatable bonds is 7. The van der Waals surface area contributed by atoms with Gasteiger partial charge in [0.2, 0.25) is 0 Å². The molecule has 0 radical (unpaired) electrons. The van der Waals surface area contributed by atoms with Gasteiger partial charge in [0.15, 0.2) is 12.4 Å². The van der Waals surface area contributed by atoms with E-state index in [1.165, 1.54) is 25.1 Å². The van der Waals surface area contributed by atoms with Crippen molar-refractivity contribution in [3.8, 4) is 0 Å². The fourth-order valence-electron chi connectivity index (χ4n) is 3.32. The molecule has 3 rings (SSSR count). The van der Waals surface area contributed by atoms with E-state index in [4.69, 9.17) is 4.74 Å². The highest BCUT2D eigenvalue weighted by Gasteiger charge is 2.24. The van der Waals surface area contributed by atoms with Crippen molar-refractivity contribution in [1.29, 1.82) is 0 Å². The molecule has 0 spiro atoms. The molecular formula is C21H21N3O6. The number of benzene rings is 2. The molecule has 1 heterocycles. The minimum absolute atomic E-state index is 0.0124. The van der Waals surface area contributed by atoms with E-state index in [1.807, 2.05) is 4.90 Å². The summed E-state index contributed by atoms with van der Waals surface area (Å²) in [5, 5.41) is 14.0. The average molecular weight is 411 g/mol. The largest absolute Gasteiger partial charge is 0.452 e. The Morgan fingerprint density at radius 2 is 1.83 bits per heavy atom. The fraction of sp³-hybridized carbons (Fsp3) is 0.286. The molecule has 1 aliphatic rings. The van der Waals surface area contributed by atoms with Crippen LogP contribution < -0.4 is 10.2 Å². The summed E-state index contributed by atoms with van der Waals surface area (Å²) in [6, 6.07) is 10.6. The van der Waals surface area contributed by atoms with Crippen LogP contribution in [0.5, 0.6) is 0 Å². The number of nitrogens with zero attached hydrogens (tertiary/aromatic N) is 2. The van der Waals surface area contributed by atoms with Crippen LogP contribution in [-0.2, 0) is 9.53 Å². The van der Waals surface area contributed by atoms with Gasteiger partial charge < -0.3 is 15.0 Å². The van der Waals surface area contributed by atoms with Gasteiger partial charge in [0.05, 0.1) is 16.2 Å². The van der Waals surface area contributed by atoms with Crippen molar-refractivity contribution in [3.05, 3.63) is 63.7 Å². The third kappa shape index (κ3) is 4.80. The number of ether oxygens (including phenoxy) is 1. The predicted molar refractivity (Wildman–Crippen MR) is 110 cm³/mol. The summed E-state index contributed by atoms with van der Waals surface area (Å²) >= 11 is 0. The highest BCUT2D eigenvalue weighted by molar-refractivity contribution is 6.04. The van der Waals surface area contributed by atoms with Crippen molar-refractivity contribution in [2.75, 3.05) is 29.9 Å². The van der Waals surface area contributed by atoms with Gasteiger partial charge in [-0.1, -0.05) is 12.1 Å². The number of esters is 1. The molecule has 1 saturated heterocycles. The molecule has 0 aromatic heterocycles. The number of nitro benzene ring substituents is 1. The smallest absolute Gasteiger partial charge is 0.338 e. The highest BCUT2D eigenvalue weighted by atomic mass is 16.6. The van der Waals surface area contributed by atoms with Gasteiger partial charge in [-0.25, -0.2) is 4.79 Å². The second-order valence-corrected chi connectivity index (χ2v) is 6.88. The van der Waals surface area contributed by atoms with Crippen molar-refractivity contribution < 1.29 is 24.0 Å². The van der Waals surface area contributed by atoms with Crippen LogP contribution in [0, 0.1) is 10.1 Å². The van der Waals surface area contributed by atoms with E-state index in [2.05, 4.69) is 5.32 Å². The van der Waals surface area contributed by atoms with Crippen LogP contribution in [0.3, 0.4) is 0 Å². The lowest BCUT2D eigenvalue weighted by Crippen LogP contribution is -2.22. The molecule has 1 aliphatic heterocycles. The minimum Gasteiger partial charge on any atom is -0.452 e. The van der Waals surface area contributed by atoms with Gasteiger partial charge in [0.1, 0.15) is 5.69 Å². The second-order valence-electron chi connectivity index (χ2n) is 6.88. The van der Waals surface area contributed by atoms with E-state index in [1.54, 1.807) is 24.3 Å². The molecule has 30 heavy (non-hydrogen) atoms. The maximum absolute atomic E-state index is 12.3. The number of hydrogen-bond acceptors (Lipinski definition) is 7. The van der Waals surface area contributed by atoms with Gasteiger partial charge in [0.25, 0.3) is 11.6 Å². The molecule has 1 amide bonds. The normalized spacial score (nSPS) is 13.0. The third-order valence-electron chi connectivity index (χ3n) is 4.77. The van der Waals surface area contributed by atoms with E-state index < -0.39 is 23.4 Å². The van der Waals surface area contributed by atoms with Gasteiger partial charge in [-0.2, -0.15) is 0 Å². The van der Waals surface area contributed by atoms with Gasteiger partial charge in [-0.05, 0) is 44.0 Å². The quantitative estimate of drug-likeness (QED) is 0.322. The molecule has 2 aromatic carbocycles. The SMILES string of the molecule is CC(=O)c1ccccc1NC(=O)COC(=O)c1ccc(N2CCCC2)c([N+](=O)[O-])c1. The molecule has 0 unspecified atom stereocenters. The number of carbonyl (C=O) groups is 3. The Balaban J connectivity index is 1.66. The molecule has 0 bridgehead atoms. The molecule has 1 N–H and O–H groups in total. The Morgan fingerprint density at radius 3 is 2.50 bits per heavy atom. The van der Waals surface area contributed by atoms with E-state index in [9.17, 15) is 24.5 Å². The fourth-order valence-corrected chi connectivity index (χ4v) is 3.32. The lowest BCUT2D eigenvalue weighted by atomic mass is 10.1. The van der Waals surface area contributed by atoms with Gasteiger partial charge >= 0.3 is 5.97 Å². The summed E-state index contributed by atoms with van der Waals surface area (Å²) in [4.78, 5) is 48.8. The first-order chi connectivity index (χ1) is 14.4. The van der Waals surface area contributed by atoms with Crippen molar-refractivity contribution in [1.82, 2.24) is 0 Å². The van der Waals surface area contributed by atoms with Crippen LogP contribution in [-0.4, -0.2) is 42.3 Å². The van der Waals surface area contributed by atoms with E-state index in [0.717, 1.165) is 25.9 Å². The molecule has 156 valence electrons. The first-order valence-corrected chi connectivity index (χ1v) is 9.47. The summed E-state index contributed by atoms with van der Waals surface area (Å²) in [6.07, 6.45) is 1.92. The number of nitro groups is 1. The van der Waals surface area contributed by atoms with Gasteiger partial charge in [0, 0.05) is 24.7 Å². The number of Topliss-reactive ketones (excluding diaryl/α,β-unsaturated/α-hetero) is 1. The van der Waals surface area contributed by atoms with Gasteiger partial charge in [-0.15, -0.1) is 0 Å². The van der Waals surface area contributed by atoms with Crippen LogP contribution in [0.4, 0.5) is 17.1 Å². The molecule has 2 aromatic rings. The van der Waals surface area contributed by atoms with Crippen molar-refractivity contribution in [3.63, 3.8) is 0 Å². The van der Waals surface area contributed by atoms with Crippen LogP contribution in [0.15, 0.2) is 42.5 Å². The standard InChI is InChI=1S/C21H21N3O6/c1-14(25)16-6-2-3-7-17(16)22-20(26)13-30-21(27)15-8-9-18(19(12-15)24(28)29)23-10-4-5-11-23/h2-3,6-9,12H,4-5,10-11,13H2,1H3,(H,22,26). The van der Waals surface area contributed by atoms with Crippen LogP contribution >= 0.6 is 0 Å². The monoisotopic (exact) mass is 411 g/mol. The zero-order valence-electron chi connectivity index (χ0n) is 16.4. The first-order valence-electron chi connectivity index (χ1n) is 9.47. The Morgan fingerprint density at radius 1 is 1.13 bits per heavy atom. The maximum Gasteiger partial charge on any atom is 0.338 e. The zero-order chi connectivity index (χ0) is 21.7. The summed E-state index contributed by atoms with van der Waals surface area (Å²) in [7, 11) is 0. The molecule has 9 nitrogen and oxygen atoms in total. The highest BCUT2D eigenvalue weighted by Crippen LogP contribution is 2.31. The van der Waals surface area contributed by atoms with Crippen molar-refractivity contribution in [2.24, 2.45) is 0 Å². The molecule has 1 fully saturated rings. The Kier molecular flexibility index (Phi) is 6.41. The van der Waals surface area contributed by atoms with E-state index in [-0.39, 0.29) is 17.0 Å². The number of ketones is 1. The summed E-state index contributed by atoms with van der Waals surface area (Å²) in [6.45, 7) is 2.25. The first kappa shape index (κ1) is 21.0. The summed E-state index contributed by atoms with van der Waals surface area (Å²) in [5.41, 5.74) is 0.933. The summed E-state index contributed by atoms with van der Waals surface area (Å²) < 4.78 is 4.99. The van der Waals surface area contributed by atoms with Gasteiger partial charge in [-0.3, -0.25) is 19.7 Å². The van der Waals surface area contributed by atoms with Crippen molar-refractivity contribution >= 4 is 34.7 Å². The molecule has 9 heteroatoms.